The van der Waals surface area contributed by atoms with Crippen LogP contribution < -0.4 is 5.56 Å². The fourth-order valence-corrected chi connectivity index (χ4v) is 3.60. The molecule has 28 heavy (non-hydrogen) atoms. The molecule has 3 rings (SSSR count). The fraction of sp³-hybridized carbons (Fsp3) is 0.348. The first kappa shape index (κ1) is 19.8. The summed E-state index contributed by atoms with van der Waals surface area (Å²) < 4.78 is 1.69. The van der Waals surface area contributed by atoms with Crippen LogP contribution in [-0.4, -0.2) is 26.9 Å². The largest absolute Gasteiger partial charge is 0.333 e. The first-order valence-electron chi connectivity index (χ1n) is 9.89. The second-order valence-corrected chi connectivity index (χ2v) is 6.96. The van der Waals surface area contributed by atoms with Crippen LogP contribution in [0.3, 0.4) is 0 Å². The molecular formula is C23H27N3O2. The van der Waals surface area contributed by atoms with E-state index in [1.165, 1.54) is 0 Å². The van der Waals surface area contributed by atoms with Gasteiger partial charge < -0.3 is 4.90 Å². The normalized spacial score (nSPS) is 12.1. The fourth-order valence-electron chi connectivity index (χ4n) is 3.60. The molecule has 0 spiro atoms. The highest BCUT2D eigenvalue weighted by atomic mass is 16.2. The third-order valence-corrected chi connectivity index (χ3v) is 5.03. The topological polar surface area (TPSA) is 55.2 Å². The molecule has 1 heterocycles. The van der Waals surface area contributed by atoms with Crippen molar-refractivity contribution in [2.75, 3.05) is 6.54 Å². The van der Waals surface area contributed by atoms with E-state index in [0.717, 1.165) is 12.0 Å². The highest BCUT2D eigenvalue weighted by molar-refractivity contribution is 5.80. The van der Waals surface area contributed by atoms with Gasteiger partial charge in [-0.1, -0.05) is 49.4 Å². The molecule has 2 aromatic carbocycles. The smallest absolute Gasteiger partial charge is 0.261 e. The third kappa shape index (κ3) is 3.98. The molecule has 0 aliphatic heterocycles. The summed E-state index contributed by atoms with van der Waals surface area (Å²) in [5.41, 5.74) is 1.60. The van der Waals surface area contributed by atoms with Crippen molar-refractivity contribution < 1.29 is 4.79 Å². The monoisotopic (exact) mass is 377 g/mol. The molecule has 1 aromatic heterocycles. The Hall–Kier alpha value is -2.95. The average Bonchev–Trinajstić information content (AvgIpc) is 2.72. The number of hydrogen-bond acceptors (Lipinski definition) is 3. The highest BCUT2D eigenvalue weighted by Crippen LogP contribution is 2.21. The molecule has 146 valence electrons. The Balaban J connectivity index is 2.00. The lowest BCUT2D eigenvalue weighted by Crippen LogP contribution is -2.39. The molecule has 0 radical (unpaired) electrons. The van der Waals surface area contributed by atoms with Gasteiger partial charge in [-0.25, -0.2) is 4.98 Å². The van der Waals surface area contributed by atoms with E-state index in [0.29, 0.717) is 36.2 Å². The van der Waals surface area contributed by atoms with Gasteiger partial charge in [0.2, 0.25) is 5.91 Å². The van der Waals surface area contributed by atoms with Gasteiger partial charge >= 0.3 is 0 Å². The van der Waals surface area contributed by atoms with Crippen LogP contribution in [0.1, 0.15) is 44.6 Å². The zero-order chi connectivity index (χ0) is 20.1. The number of fused-ring (bicyclic) bond motifs is 1. The Labute approximate surface area is 165 Å². The van der Waals surface area contributed by atoms with E-state index in [-0.39, 0.29) is 17.5 Å². The van der Waals surface area contributed by atoms with Gasteiger partial charge in [-0.2, -0.15) is 0 Å². The van der Waals surface area contributed by atoms with Crippen LogP contribution in [0.2, 0.25) is 0 Å². The zero-order valence-corrected chi connectivity index (χ0v) is 16.8. The van der Waals surface area contributed by atoms with E-state index in [1.807, 2.05) is 67.3 Å². The Morgan fingerprint density at radius 2 is 1.75 bits per heavy atom. The van der Waals surface area contributed by atoms with E-state index >= 15 is 0 Å². The van der Waals surface area contributed by atoms with E-state index in [2.05, 4.69) is 6.92 Å². The quantitative estimate of drug-likeness (QED) is 0.626. The van der Waals surface area contributed by atoms with Crippen molar-refractivity contribution in [3.8, 4) is 0 Å². The highest BCUT2D eigenvalue weighted by Gasteiger charge is 2.25. The Morgan fingerprint density at radius 1 is 1.07 bits per heavy atom. The van der Waals surface area contributed by atoms with Crippen LogP contribution in [0.4, 0.5) is 0 Å². The van der Waals surface area contributed by atoms with Crippen molar-refractivity contribution in [3.05, 3.63) is 76.3 Å². The Morgan fingerprint density at radius 3 is 2.43 bits per heavy atom. The number of hydrogen-bond donors (Lipinski definition) is 0. The number of aromatic nitrogens is 2. The molecule has 3 aromatic rings. The molecule has 5 heteroatoms. The van der Waals surface area contributed by atoms with Crippen molar-refractivity contribution in [3.63, 3.8) is 0 Å². The number of para-hydroxylation sites is 1. The molecule has 1 atom stereocenters. The Bertz CT molecular complexity index is 1010. The zero-order valence-electron chi connectivity index (χ0n) is 16.8. The predicted molar refractivity (Wildman–Crippen MR) is 112 cm³/mol. The maximum atomic E-state index is 13.1. The van der Waals surface area contributed by atoms with Gasteiger partial charge in [0.05, 0.1) is 23.4 Å². The van der Waals surface area contributed by atoms with Crippen LogP contribution in [0.25, 0.3) is 10.9 Å². The molecule has 0 saturated carbocycles. The van der Waals surface area contributed by atoms with Gasteiger partial charge in [-0.15, -0.1) is 0 Å². The first-order valence-corrected chi connectivity index (χ1v) is 9.89. The van der Waals surface area contributed by atoms with Crippen LogP contribution in [0.15, 0.2) is 59.4 Å². The molecule has 0 saturated heterocycles. The summed E-state index contributed by atoms with van der Waals surface area (Å²) in [5, 5.41) is 0.609. The lowest BCUT2D eigenvalue weighted by molar-refractivity contribution is -0.132. The van der Waals surface area contributed by atoms with Crippen molar-refractivity contribution in [2.24, 2.45) is 0 Å². The van der Waals surface area contributed by atoms with Crippen LogP contribution >= 0.6 is 0 Å². The summed E-state index contributed by atoms with van der Waals surface area (Å²) in [7, 11) is 0. The number of carbonyl (C=O) groups excluding carboxylic acids is 1. The molecule has 0 aliphatic carbocycles. The maximum absolute atomic E-state index is 13.1. The summed E-state index contributed by atoms with van der Waals surface area (Å²) in [6.07, 6.45) is 1.18. The molecule has 0 fully saturated rings. The Kier molecular flexibility index (Phi) is 6.24. The second-order valence-electron chi connectivity index (χ2n) is 6.96. The van der Waals surface area contributed by atoms with Crippen LogP contribution in [-0.2, 0) is 17.8 Å². The number of benzene rings is 2. The third-order valence-electron chi connectivity index (χ3n) is 5.03. The first-order chi connectivity index (χ1) is 13.6. The summed E-state index contributed by atoms with van der Waals surface area (Å²) >= 11 is 0. The number of amides is 1. The van der Waals surface area contributed by atoms with Gasteiger partial charge in [-0.3, -0.25) is 14.2 Å². The lowest BCUT2D eigenvalue weighted by atomic mass is 10.1. The van der Waals surface area contributed by atoms with Crippen molar-refractivity contribution in [2.45, 2.75) is 46.2 Å². The minimum absolute atomic E-state index is 0.0469. The SMILES string of the molecule is CCCN(C(=O)Cc1ccccc1)C(C)c1nc2ccccc2c(=O)n1CC. The standard InChI is InChI=1S/C23H27N3O2/c1-4-15-26(21(27)16-18-11-7-6-8-12-18)17(3)22-24-20-14-10-9-13-19(20)23(28)25(22)5-2/h6-14,17H,4-5,15-16H2,1-3H3. The predicted octanol–water partition coefficient (Wildman–Crippen LogP) is 3.96. The molecular weight excluding hydrogens is 350 g/mol. The van der Waals surface area contributed by atoms with E-state index < -0.39 is 0 Å². The van der Waals surface area contributed by atoms with E-state index in [1.54, 1.807) is 10.6 Å². The van der Waals surface area contributed by atoms with E-state index in [4.69, 9.17) is 4.98 Å². The minimum Gasteiger partial charge on any atom is -0.333 e. The van der Waals surface area contributed by atoms with Gasteiger partial charge in [-0.05, 0) is 38.0 Å². The van der Waals surface area contributed by atoms with Crippen molar-refractivity contribution in [1.82, 2.24) is 14.5 Å². The number of nitrogens with zero attached hydrogens (tertiary/aromatic N) is 3. The summed E-state index contributed by atoms with van der Waals surface area (Å²) in [5.74, 6) is 0.687. The van der Waals surface area contributed by atoms with Crippen LogP contribution in [0, 0.1) is 0 Å². The molecule has 5 nitrogen and oxygen atoms in total. The maximum Gasteiger partial charge on any atom is 0.261 e. The lowest BCUT2D eigenvalue weighted by Gasteiger charge is -2.30. The average molecular weight is 377 g/mol. The number of carbonyl (C=O) groups is 1. The minimum atomic E-state index is -0.284. The molecule has 0 bridgehead atoms. The van der Waals surface area contributed by atoms with Gasteiger partial charge in [0.25, 0.3) is 5.56 Å². The summed E-state index contributed by atoms with van der Waals surface area (Å²) in [4.78, 5) is 32.6. The number of rotatable bonds is 7. The molecule has 0 aliphatic rings. The van der Waals surface area contributed by atoms with Crippen molar-refractivity contribution >= 4 is 16.8 Å². The van der Waals surface area contributed by atoms with Crippen molar-refractivity contribution in [1.29, 1.82) is 0 Å². The molecule has 1 amide bonds. The molecule has 1 unspecified atom stereocenters. The van der Waals surface area contributed by atoms with Gasteiger partial charge in [0.15, 0.2) is 0 Å². The van der Waals surface area contributed by atoms with Gasteiger partial charge in [0, 0.05) is 13.1 Å². The second kappa shape index (κ2) is 8.83. The van der Waals surface area contributed by atoms with E-state index in [9.17, 15) is 9.59 Å². The summed E-state index contributed by atoms with van der Waals surface area (Å²) in [6.45, 7) is 7.09. The van der Waals surface area contributed by atoms with Crippen LogP contribution in [0.5, 0.6) is 0 Å². The molecule has 0 N–H and O–H groups in total. The van der Waals surface area contributed by atoms with Gasteiger partial charge in [0.1, 0.15) is 5.82 Å². The summed E-state index contributed by atoms with van der Waals surface area (Å²) in [6, 6.07) is 16.8.